The predicted octanol–water partition coefficient (Wildman–Crippen LogP) is 8.12. The van der Waals surface area contributed by atoms with Crippen molar-refractivity contribution in [3.05, 3.63) is 125 Å². The van der Waals surface area contributed by atoms with Crippen molar-refractivity contribution in [2.24, 2.45) is 0 Å². The zero-order chi connectivity index (χ0) is 27.5. The number of aromatic nitrogens is 1. The number of fused-ring (bicyclic) bond motifs is 2. The first-order valence-corrected chi connectivity index (χ1v) is 13.7. The summed E-state index contributed by atoms with van der Waals surface area (Å²) in [5.74, 6) is 0.888. The van der Waals surface area contributed by atoms with Crippen molar-refractivity contribution in [1.82, 2.24) is 10.3 Å². The van der Waals surface area contributed by atoms with E-state index in [2.05, 4.69) is 32.6 Å². The third kappa shape index (κ3) is 5.59. The molecule has 0 unspecified atom stereocenters. The number of benzene rings is 5. The van der Waals surface area contributed by atoms with Gasteiger partial charge in [0, 0.05) is 21.3 Å². The van der Waals surface area contributed by atoms with Crippen LogP contribution < -0.4 is 15.4 Å². The average Bonchev–Trinajstić information content (AvgIpc) is 3.40. The minimum absolute atomic E-state index is 0.177. The first-order chi connectivity index (χ1) is 19.5. The third-order valence-corrected chi connectivity index (χ3v) is 7.23. The van der Waals surface area contributed by atoms with Gasteiger partial charge in [-0.05, 0) is 83.2 Å². The topological polar surface area (TPSA) is 76.4 Å². The lowest BCUT2D eigenvalue weighted by atomic mass is 10.0. The molecule has 196 valence electrons. The van der Waals surface area contributed by atoms with Gasteiger partial charge >= 0.3 is 0 Å². The van der Waals surface area contributed by atoms with Gasteiger partial charge in [-0.1, -0.05) is 70.5 Å². The molecule has 5 aromatic carbocycles. The summed E-state index contributed by atoms with van der Waals surface area (Å²) in [5, 5.41) is 8.08. The monoisotopic (exact) mass is 607 g/mol. The van der Waals surface area contributed by atoms with E-state index in [4.69, 9.17) is 26.4 Å². The number of amides is 1. The molecule has 2 N–H and O–H groups in total. The highest BCUT2D eigenvalue weighted by Gasteiger charge is 2.14. The molecule has 0 atom stereocenters. The maximum Gasteiger partial charge on any atom is 0.257 e. The van der Waals surface area contributed by atoms with E-state index >= 15 is 0 Å². The molecule has 1 aromatic heterocycles. The number of rotatable bonds is 6. The molecule has 0 aliphatic carbocycles. The molecule has 0 radical (unpaired) electrons. The fourth-order valence-corrected chi connectivity index (χ4v) is 5.07. The van der Waals surface area contributed by atoms with Crippen LogP contribution in [-0.4, -0.2) is 16.0 Å². The van der Waals surface area contributed by atoms with Crippen LogP contribution in [0.25, 0.3) is 33.3 Å². The van der Waals surface area contributed by atoms with E-state index in [0.717, 1.165) is 26.4 Å². The number of anilines is 1. The summed E-state index contributed by atoms with van der Waals surface area (Å²) < 4.78 is 12.9. The lowest BCUT2D eigenvalue weighted by molar-refractivity contribution is 0.0977. The van der Waals surface area contributed by atoms with Crippen molar-refractivity contribution < 1.29 is 13.9 Å². The number of hydrogen-bond acceptors (Lipinski definition) is 5. The molecule has 8 heteroatoms. The van der Waals surface area contributed by atoms with Gasteiger partial charge in [0.25, 0.3) is 5.91 Å². The number of hydrogen-bond donors (Lipinski definition) is 2. The maximum absolute atomic E-state index is 12.7. The lowest BCUT2D eigenvalue weighted by Gasteiger charge is -2.10. The van der Waals surface area contributed by atoms with E-state index in [9.17, 15) is 4.79 Å². The van der Waals surface area contributed by atoms with Gasteiger partial charge in [0.2, 0.25) is 5.89 Å². The van der Waals surface area contributed by atoms with Crippen LogP contribution in [0.15, 0.2) is 118 Å². The summed E-state index contributed by atoms with van der Waals surface area (Å²) in [5.41, 5.74) is 4.45. The number of carbonyl (C=O) groups is 1. The number of thiocarbonyl (C=S) groups is 1. The van der Waals surface area contributed by atoms with Gasteiger partial charge in [-0.2, -0.15) is 0 Å². The number of halogens is 1. The van der Waals surface area contributed by atoms with Crippen LogP contribution in [-0.2, 0) is 6.61 Å². The molecule has 6 nitrogen and oxygen atoms in total. The number of oxazole rings is 1. The van der Waals surface area contributed by atoms with Crippen LogP contribution in [0.3, 0.4) is 0 Å². The zero-order valence-corrected chi connectivity index (χ0v) is 23.5. The van der Waals surface area contributed by atoms with Gasteiger partial charge in [0.15, 0.2) is 10.7 Å². The van der Waals surface area contributed by atoms with Crippen LogP contribution in [0.5, 0.6) is 5.75 Å². The molecular formula is C32H22BrN3O3S. The Balaban J connectivity index is 1.11. The van der Waals surface area contributed by atoms with Crippen molar-refractivity contribution in [3.63, 3.8) is 0 Å². The maximum atomic E-state index is 12.7. The van der Waals surface area contributed by atoms with E-state index in [-0.39, 0.29) is 11.0 Å². The van der Waals surface area contributed by atoms with Gasteiger partial charge in [0.1, 0.15) is 17.9 Å². The van der Waals surface area contributed by atoms with Gasteiger partial charge < -0.3 is 14.5 Å². The summed E-state index contributed by atoms with van der Waals surface area (Å²) in [4.78, 5) is 17.4. The Morgan fingerprint density at radius 2 is 1.65 bits per heavy atom. The van der Waals surface area contributed by atoms with E-state index in [0.29, 0.717) is 40.6 Å². The molecular weight excluding hydrogens is 586 g/mol. The Bertz CT molecular complexity index is 1850. The van der Waals surface area contributed by atoms with Crippen molar-refractivity contribution in [3.8, 4) is 17.2 Å². The highest BCUT2D eigenvalue weighted by molar-refractivity contribution is 9.10. The highest BCUT2D eigenvalue weighted by Crippen LogP contribution is 2.34. The van der Waals surface area contributed by atoms with E-state index in [1.165, 1.54) is 0 Å². The molecule has 0 saturated heterocycles. The molecule has 1 amide bonds. The van der Waals surface area contributed by atoms with Gasteiger partial charge in [-0.15, -0.1) is 0 Å². The van der Waals surface area contributed by atoms with Crippen LogP contribution in [0.4, 0.5) is 5.69 Å². The Labute approximate surface area is 244 Å². The Hall–Kier alpha value is -4.53. The normalized spacial score (nSPS) is 10.9. The van der Waals surface area contributed by atoms with E-state index in [1.54, 1.807) is 24.3 Å². The number of nitrogens with one attached hydrogen (secondary N) is 2. The summed E-state index contributed by atoms with van der Waals surface area (Å²) in [6.07, 6.45) is 0. The van der Waals surface area contributed by atoms with Crippen LogP contribution in [0, 0.1) is 0 Å². The van der Waals surface area contributed by atoms with Gasteiger partial charge in [0.05, 0.1) is 0 Å². The Kier molecular flexibility index (Phi) is 7.27. The lowest BCUT2D eigenvalue weighted by Crippen LogP contribution is -2.34. The van der Waals surface area contributed by atoms with E-state index < -0.39 is 0 Å². The van der Waals surface area contributed by atoms with Crippen LogP contribution >= 0.6 is 28.1 Å². The second kappa shape index (κ2) is 11.3. The average molecular weight is 609 g/mol. The molecule has 0 aliphatic heterocycles. The number of ether oxygens (including phenoxy) is 1. The largest absolute Gasteiger partial charge is 0.489 e. The fraction of sp³-hybridized carbons (Fsp3) is 0.0312. The highest BCUT2D eigenvalue weighted by atomic mass is 79.9. The van der Waals surface area contributed by atoms with Crippen LogP contribution in [0.1, 0.15) is 15.9 Å². The van der Waals surface area contributed by atoms with Crippen LogP contribution in [0.2, 0.25) is 0 Å². The van der Waals surface area contributed by atoms with Crippen molar-refractivity contribution in [2.45, 2.75) is 6.61 Å². The standard InChI is InChI=1S/C32H22BrN3O3S/c33-27-11-5-8-24-25(27)9-4-10-26(24)31-35-28-18-22(14-17-29(28)39-31)34-32(40)36-30(37)21-12-15-23(16-13-21)38-19-20-6-2-1-3-7-20/h1-18H,19H2,(H2,34,36,37,40). The number of nitrogens with zero attached hydrogens (tertiary/aromatic N) is 1. The molecule has 40 heavy (non-hydrogen) atoms. The smallest absolute Gasteiger partial charge is 0.257 e. The van der Waals surface area contributed by atoms with Gasteiger partial charge in [-0.25, -0.2) is 4.98 Å². The molecule has 0 bridgehead atoms. The molecule has 6 rings (SSSR count). The summed E-state index contributed by atoms with van der Waals surface area (Å²) in [7, 11) is 0. The summed E-state index contributed by atoms with van der Waals surface area (Å²) in [6, 6.07) is 34.4. The SMILES string of the molecule is O=C(NC(=S)Nc1ccc2oc(-c3cccc4c(Br)cccc34)nc2c1)c1ccc(OCc2ccccc2)cc1. The molecule has 6 aromatic rings. The Morgan fingerprint density at radius 3 is 2.48 bits per heavy atom. The summed E-state index contributed by atoms with van der Waals surface area (Å²) >= 11 is 9.00. The zero-order valence-electron chi connectivity index (χ0n) is 21.1. The van der Waals surface area contributed by atoms with Gasteiger partial charge in [-0.3, -0.25) is 10.1 Å². The van der Waals surface area contributed by atoms with Crippen molar-refractivity contribution in [1.29, 1.82) is 0 Å². The third-order valence-electron chi connectivity index (χ3n) is 6.34. The fourth-order valence-electron chi connectivity index (χ4n) is 4.36. The molecule has 0 aliphatic rings. The minimum atomic E-state index is -0.320. The molecule has 1 heterocycles. The van der Waals surface area contributed by atoms with Crippen molar-refractivity contribution >= 4 is 66.7 Å². The number of carbonyl (C=O) groups excluding carboxylic acids is 1. The quantitative estimate of drug-likeness (QED) is 0.186. The van der Waals surface area contributed by atoms with E-state index in [1.807, 2.05) is 78.9 Å². The molecule has 0 spiro atoms. The molecule has 0 fully saturated rings. The van der Waals surface area contributed by atoms with Crippen molar-refractivity contribution in [2.75, 3.05) is 5.32 Å². The first kappa shape index (κ1) is 25.7. The summed E-state index contributed by atoms with van der Waals surface area (Å²) in [6.45, 7) is 0.456. The molecule has 0 saturated carbocycles. The minimum Gasteiger partial charge on any atom is -0.489 e. The first-order valence-electron chi connectivity index (χ1n) is 12.5. The second-order valence-electron chi connectivity index (χ2n) is 9.05. The predicted molar refractivity (Wildman–Crippen MR) is 166 cm³/mol. The Morgan fingerprint density at radius 1 is 0.875 bits per heavy atom. The second-order valence-corrected chi connectivity index (χ2v) is 10.3.